The maximum Gasteiger partial charge on any atom is 0.259 e. The number of anilines is 1. The van der Waals surface area contributed by atoms with Gasteiger partial charge in [0.1, 0.15) is 0 Å². The molecule has 0 atom stereocenters. The molecule has 3 heteroatoms. The van der Waals surface area contributed by atoms with Crippen LogP contribution in [0.1, 0.15) is 16.7 Å². The van der Waals surface area contributed by atoms with Gasteiger partial charge in [-0.3, -0.25) is 9.78 Å². The number of pyridine rings is 1. The van der Waals surface area contributed by atoms with E-state index < -0.39 is 0 Å². The van der Waals surface area contributed by atoms with Crippen LogP contribution in [0.3, 0.4) is 0 Å². The van der Waals surface area contributed by atoms with E-state index in [1.165, 1.54) is 10.8 Å². The summed E-state index contributed by atoms with van der Waals surface area (Å²) in [4.78, 5) is 19.2. The van der Waals surface area contributed by atoms with E-state index in [0.29, 0.717) is 6.54 Å². The lowest BCUT2D eigenvalue weighted by molar-refractivity contribution is -0.113. The van der Waals surface area contributed by atoms with Crippen molar-refractivity contribution in [2.75, 3.05) is 4.90 Å². The molecule has 4 aromatic rings. The van der Waals surface area contributed by atoms with Crippen molar-refractivity contribution in [3.63, 3.8) is 0 Å². The molecule has 134 valence electrons. The van der Waals surface area contributed by atoms with Crippen LogP contribution in [-0.2, 0) is 11.3 Å². The van der Waals surface area contributed by atoms with Crippen LogP contribution in [0.2, 0.25) is 0 Å². The summed E-state index contributed by atoms with van der Waals surface area (Å²) < 4.78 is 0. The number of nitrogens with zero attached hydrogens (tertiary/aromatic N) is 2. The zero-order valence-corrected chi connectivity index (χ0v) is 15.2. The van der Waals surface area contributed by atoms with Crippen molar-refractivity contribution in [2.24, 2.45) is 0 Å². The Kier molecular flexibility index (Phi) is 3.99. The fraction of sp³-hybridized carbons (Fsp3) is 0.0400. The molecule has 0 saturated carbocycles. The summed E-state index contributed by atoms with van der Waals surface area (Å²) in [5.74, 6) is 0.0335. The van der Waals surface area contributed by atoms with Crippen molar-refractivity contribution in [1.29, 1.82) is 0 Å². The molecule has 2 heterocycles. The van der Waals surface area contributed by atoms with Crippen molar-refractivity contribution < 1.29 is 4.79 Å². The molecule has 0 radical (unpaired) electrons. The predicted molar refractivity (Wildman–Crippen MR) is 114 cm³/mol. The standard InChI is InChI=1S/C25H18N2O/c28-25-23(16-18-11-13-26-14-12-18)22-7-3-4-8-24(22)27(25)17-19-9-10-20-5-1-2-6-21(20)15-19/h1-16H,17H2/b23-16-. The van der Waals surface area contributed by atoms with Crippen molar-refractivity contribution >= 4 is 34.0 Å². The van der Waals surface area contributed by atoms with E-state index >= 15 is 0 Å². The Morgan fingerprint density at radius 1 is 0.821 bits per heavy atom. The van der Waals surface area contributed by atoms with Crippen molar-refractivity contribution in [1.82, 2.24) is 4.98 Å². The second kappa shape index (κ2) is 6.78. The third-order valence-corrected chi connectivity index (χ3v) is 5.13. The van der Waals surface area contributed by atoms with Crippen molar-refractivity contribution in [3.05, 3.63) is 108 Å². The highest BCUT2D eigenvalue weighted by atomic mass is 16.2. The van der Waals surface area contributed by atoms with Crippen LogP contribution in [-0.4, -0.2) is 10.9 Å². The number of fused-ring (bicyclic) bond motifs is 2. The number of aromatic nitrogens is 1. The lowest BCUT2D eigenvalue weighted by atomic mass is 10.0. The second-order valence-corrected chi connectivity index (χ2v) is 6.93. The highest BCUT2D eigenvalue weighted by Crippen LogP contribution is 2.38. The van der Waals surface area contributed by atoms with Crippen molar-refractivity contribution in [3.8, 4) is 0 Å². The number of hydrogen-bond acceptors (Lipinski definition) is 2. The number of amides is 1. The average Bonchev–Trinajstić information content (AvgIpc) is 3.00. The van der Waals surface area contributed by atoms with Crippen LogP contribution < -0.4 is 4.90 Å². The Hall–Kier alpha value is -3.72. The van der Waals surface area contributed by atoms with Gasteiger partial charge in [0.15, 0.2) is 0 Å². The molecule has 0 N–H and O–H groups in total. The van der Waals surface area contributed by atoms with Gasteiger partial charge in [0.2, 0.25) is 0 Å². The average molecular weight is 362 g/mol. The first-order valence-corrected chi connectivity index (χ1v) is 9.30. The fourth-order valence-corrected chi connectivity index (χ4v) is 3.75. The minimum absolute atomic E-state index is 0.0335. The summed E-state index contributed by atoms with van der Waals surface area (Å²) in [5.41, 5.74) is 4.75. The maximum absolute atomic E-state index is 13.3. The Bertz CT molecular complexity index is 1210. The molecule has 1 aliphatic rings. The number of hydrogen-bond donors (Lipinski definition) is 0. The Morgan fingerprint density at radius 3 is 2.43 bits per heavy atom. The summed E-state index contributed by atoms with van der Waals surface area (Å²) >= 11 is 0. The predicted octanol–water partition coefficient (Wildman–Crippen LogP) is 5.32. The van der Waals surface area contributed by atoms with Crippen LogP contribution in [0.15, 0.2) is 91.3 Å². The smallest absolute Gasteiger partial charge is 0.259 e. The summed E-state index contributed by atoms with van der Waals surface area (Å²) in [6.07, 6.45) is 5.43. The minimum atomic E-state index is 0.0335. The lowest BCUT2D eigenvalue weighted by Crippen LogP contribution is -2.25. The van der Waals surface area contributed by atoms with Crippen LogP contribution >= 0.6 is 0 Å². The zero-order valence-electron chi connectivity index (χ0n) is 15.2. The molecule has 1 aliphatic heterocycles. The van der Waals surface area contributed by atoms with E-state index in [2.05, 4.69) is 35.3 Å². The van der Waals surface area contributed by atoms with Gasteiger partial charge in [0.05, 0.1) is 12.2 Å². The first-order valence-electron chi connectivity index (χ1n) is 9.30. The van der Waals surface area contributed by atoms with Gasteiger partial charge in [-0.25, -0.2) is 0 Å². The van der Waals surface area contributed by atoms with Crippen LogP contribution in [0.5, 0.6) is 0 Å². The molecule has 0 spiro atoms. The van der Waals surface area contributed by atoms with Crippen LogP contribution in [0, 0.1) is 0 Å². The second-order valence-electron chi connectivity index (χ2n) is 6.93. The quantitative estimate of drug-likeness (QED) is 0.462. The SMILES string of the molecule is O=C1/C(=C\c2ccncc2)c2ccccc2N1Cc1ccc2ccccc2c1. The van der Waals surface area contributed by atoms with Gasteiger partial charge in [-0.1, -0.05) is 54.6 Å². The molecule has 1 aromatic heterocycles. The summed E-state index contributed by atoms with van der Waals surface area (Å²) in [6, 6.07) is 26.5. The fourth-order valence-electron chi connectivity index (χ4n) is 3.75. The van der Waals surface area contributed by atoms with E-state index in [0.717, 1.165) is 28.0 Å². The first kappa shape index (κ1) is 16.5. The number of carbonyl (C=O) groups is 1. The minimum Gasteiger partial charge on any atom is -0.303 e. The highest BCUT2D eigenvalue weighted by molar-refractivity contribution is 6.35. The topological polar surface area (TPSA) is 33.2 Å². The van der Waals surface area contributed by atoms with E-state index in [1.54, 1.807) is 12.4 Å². The molecule has 0 fully saturated rings. The number of rotatable bonds is 3. The number of para-hydroxylation sites is 1. The Labute approximate surface area is 163 Å². The summed E-state index contributed by atoms with van der Waals surface area (Å²) in [5, 5.41) is 2.39. The van der Waals surface area contributed by atoms with Gasteiger partial charge in [-0.05, 0) is 52.2 Å². The van der Waals surface area contributed by atoms with Gasteiger partial charge in [0, 0.05) is 23.5 Å². The molecular weight excluding hydrogens is 344 g/mol. The van der Waals surface area contributed by atoms with Gasteiger partial charge in [0.25, 0.3) is 5.91 Å². The van der Waals surface area contributed by atoms with E-state index in [4.69, 9.17) is 0 Å². The monoisotopic (exact) mass is 362 g/mol. The summed E-state index contributed by atoms with van der Waals surface area (Å²) in [6.45, 7) is 0.550. The van der Waals surface area contributed by atoms with Gasteiger partial charge in [-0.2, -0.15) is 0 Å². The molecule has 0 bridgehead atoms. The third kappa shape index (κ3) is 2.87. The van der Waals surface area contributed by atoms with Gasteiger partial charge in [-0.15, -0.1) is 0 Å². The molecule has 3 nitrogen and oxygen atoms in total. The molecular formula is C25H18N2O. The van der Waals surface area contributed by atoms with Gasteiger partial charge >= 0.3 is 0 Å². The largest absolute Gasteiger partial charge is 0.303 e. The maximum atomic E-state index is 13.3. The van der Waals surface area contributed by atoms with Crippen LogP contribution in [0.25, 0.3) is 22.4 Å². The van der Waals surface area contributed by atoms with E-state index in [1.807, 2.05) is 59.5 Å². The Morgan fingerprint density at radius 2 is 1.57 bits per heavy atom. The normalized spacial score (nSPS) is 14.6. The van der Waals surface area contributed by atoms with Gasteiger partial charge < -0.3 is 4.90 Å². The molecule has 0 saturated heterocycles. The molecule has 28 heavy (non-hydrogen) atoms. The lowest BCUT2D eigenvalue weighted by Gasteiger charge is -2.17. The highest BCUT2D eigenvalue weighted by Gasteiger charge is 2.31. The van der Waals surface area contributed by atoms with Crippen molar-refractivity contribution in [2.45, 2.75) is 6.54 Å². The molecule has 0 aliphatic carbocycles. The number of benzene rings is 3. The summed E-state index contributed by atoms with van der Waals surface area (Å²) in [7, 11) is 0. The molecule has 0 unspecified atom stereocenters. The third-order valence-electron chi connectivity index (χ3n) is 5.13. The Balaban J connectivity index is 1.54. The molecule has 1 amide bonds. The molecule has 5 rings (SSSR count). The molecule has 3 aromatic carbocycles. The van der Waals surface area contributed by atoms with E-state index in [-0.39, 0.29) is 5.91 Å². The first-order chi connectivity index (χ1) is 13.8. The zero-order chi connectivity index (χ0) is 18.9. The van der Waals surface area contributed by atoms with Crippen LogP contribution in [0.4, 0.5) is 5.69 Å². The number of carbonyl (C=O) groups excluding carboxylic acids is 1. The van der Waals surface area contributed by atoms with E-state index in [9.17, 15) is 4.79 Å².